The SMILES string of the molecule is CCOC(=O)C1=C2Sc3ccccc3N2C(c2ccc(OC)cc2)(C(F)(F)F)NC1=O. The summed E-state index contributed by atoms with van der Waals surface area (Å²) in [6.45, 7) is 1.53. The normalized spacial score (nSPS) is 20.2. The van der Waals surface area contributed by atoms with Crippen molar-refractivity contribution in [2.45, 2.75) is 23.7 Å². The van der Waals surface area contributed by atoms with Crippen LogP contribution in [0, 0.1) is 0 Å². The lowest BCUT2D eigenvalue weighted by molar-refractivity contribution is -0.202. The van der Waals surface area contributed by atoms with Crippen molar-refractivity contribution in [3.05, 3.63) is 64.7 Å². The quantitative estimate of drug-likeness (QED) is 0.563. The fraction of sp³-hybridized carbons (Fsp3) is 0.238. The van der Waals surface area contributed by atoms with Gasteiger partial charge in [0.05, 0.1) is 19.4 Å². The minimum Gasteiger partial charge on any atom is -0.497 e. The summed E-state index contributed by atoms with van der Waals surface area (Å²) in [4.78, 5) is 26.9. The maximum Gasteiger partial charge on any atom is 0.435 e. The molecule has 1 N–H and O–H groups in total. The summed E-state index contributed by atoms with van der Waals surface area (Å²) in [6, 6.07) is 11.7. The molecule has 2 aliphatic heterocycles. The van der Waals surface area contributed by atoms with Crippen LogP contribution < -0.4 is 15.0 Å². The molecule has 2 aromatic rings. The highest BCUT2D eigenvalue weighted by Crippen LogP contribution is 2.57. The third-order valence-corrected chi connectivity index (χ3v) is 6.13. The van der Waals surface area contributed by atoms with Crippen LogP contribution in [0.3, 0.4) is 0 Å². The molecule has 0 radical (unpaired) electrons. The van der Waals surface area contributed by atoms with Gasteiger partial charge in [-0.3, -0.25) is 9.69 Å². The third kappa shape index (κ3) is 3.13. The van der Waals surface area contributed by atoms with E-state index in [4.69, 9.17) is 9.47 Å². The molecule has 0 aromatic heterocycles. The number of alkyl halides is 3. The summed E-state index contributed by atoms with van der Waals surface area (Å²) >= 11 is 0.926. The topological polar surface area (TPSA) is 67.9 Å². The first-order valence-corrected chi connectivity index (χ1v) is 10.1. The molecule has 2 heterocycles. The van der Waals surface area contributed by atoms with E-state index in [1.54, 1.807) is 25.1 Å². The Bertz CT molecular complexity index is 1080. The van der Waals surface area contributed by atoms with Crippen LogP contribution in [0.1, 0.15) is 12.5 Å². The molecule has 1 unspecified atom stereocenters. The van der Waals surface area contributed by atoms with E-state index in [-0.39, 0.29) is 22.9 Å². The highest BCUT2D eigenvalue weighted by Gasteiger charge is 2.66. The van der Waals surface area contributed by atoms with Crippen molar-refractivity contribution >= 4 is 29.3 Å². The molecule has 1 atom stereocenters. The van der Waals surface area contributed by atoms with Crippen molar-refractivity contribution < 1.29 is 32.2 Å². The number of rotatable bonds is 4. The van der Waals surface area contributed by atoms with Crippen LogP contribution in [0.25, 0.3) is 0 Å². The number of nitrogens with one attached hydrogen (secondary N) is 1. The van der Waals surface area contributed by atoms with Gasteiger partial charge in [0.15, 0.2) is 5.57 Å². The molecule has 0 saturated heterocycles. The molecule has 31 heavy (non-hydrogen) atoms. The monoisotopic (exact) mass is 450 g/mol. The number of anilines is 1. The number of carbonyl (C=O) groups excluding carboxylic acids is 2. The zero-order valence-corrected chi connectivity index (χ0v) is 17.3. The molecule has 2 aliphatic rings. The molecule has 2 aromatic carbocycles. The van der Waals surface area contributed by atoms with E-state index in [1.807, 2.05) is 0 Å². The van der Waals surface area contributed by atoms with Crippen LogP contribution in [0.4, 0.5) is 18.9 Å². The summed E-state index contributed by atoms with van der Waals surface area (Å²) < 4.78 is 54.4. The summed E-state index contributed by atoms with van der Waals surface area (Å²) in [5, 5.41) is 1.95. The number of nitrogens with zero attached hydrogens (tertiary/aromatic N) is 1. The number of amides is 1. The third-order valence-electron chi connectivity index (χ3n) is 4.98. The predicted molar refractivity (Wildman–Crippen MR) is 107 cm³/mol. The summed E-state index contributed by atoms with van der Waals surface area (Å²) in [5.74, 6) is -1.77. The Morgan fingerprint density at radius 1 is 1.16 bits per heavy atom. The van der Waals surface area contributed by atoms with Crippen molar-refractivity contribution in [3.8, 4) is 5.75 Å². The smallest absolute Gasteiger partial charge is 0.435 e. The lowest BCUT2D eigenvalue weighted by Gasteiger charge is -2.47. The highest BCUT2D eigenvalue weighted by molar-refractivity contribution is 8.03. The first-order chi connectivity index (χ1) is 14.7. The van der Waals surface area contributed by atoms with Gasteiger partial charge in [-0.05, 0) is 31.2 Å². The van der Waals surface area contributed by atoms with Gasteiger partial charge in [-0.25, -0.2) is 4.79 Å². The standard InChI is InChI=1S/C21H17F3N2O4S/c1-3-30-19(28)16-17(27)25-20(21(22,23)24,12-8-10-13(29-2)11-9-12)26-14-6-4-5-7-15(14)31-18(16)26/h4-11H,3H2,1-2H3,(H,25,27). The van der Waals surface area contributed by atoms with Crippen molar-refractivity contribution in [1.82, 2.24) is 5.32 Å². The number of hydrogen-bond acceptors (Lipinski definition) is 6. The second kappa shape index (κ2) is 7.52. The van der Waals surface area contributed by atoms with Gasteiger partial charge in [0, 0.05) is 10.5 Å². The largest absolute Gasteiger partial charge is 0.497 e. The lowest BCUT2D eigenvalue weighted by Crippen LogP contribution is -2.68. The maximum atomic E-state index is 14.8. The first-order valence-electron chi connectivity index (χ1n) is 9.27. The van der Waals surface area contributed by atoms with Gasteiger partial charge in [0.25, 0.3) is 5.91 Å². The number of carbonyl (C=O) groups is 2. The van der Waals surface area contributed by atoms with E-state index in [0.29, 0.717) is 10.6 Å². The second-order valence-electron chi connectivity index (χ2n) is 6.70. The van der Waals surface area contributed by atoms with Gasteiger partial charge in [0.2, 0.25) is 5.66 Å². The van der Waals surface area contributed by atoms with E-state index in [1.165, 1.54) is 37.4 Å². The molecule has 0 aliphatic carbocycles. The Morgan fingerprint density at radius 2 is 1.84 bits per heavy atom. The molecule has 162 valence electrons. The minimum atomic E-state index is -4.94. The van der Waals surface area contributed by atoms with Crippen molar-refractivity contribution in [3.63, 3.8) is 0 Å². The lowest BCUT2D eigenvalue weighted by atomic mass is 9.92. The Morgan fingerprint density at radius 3 is 2.45 bits per heavy atom. The highest BCUT2D eigenvalue weighted by atomic mass is 32.2. The van der Waals surface area contributed by atoms with Gasteiger partial charge >= 0.3 is 12.1 Å². The Labute approximate surface area is 180 Å². The van der Waals surface area contributed by atoms with Gasteiger partial charge in [-0.1, -0.05) is 36.0 Å². The Kier molecular flexibility index (Phi) is 5.12. The van der Waals surface area contributed by atoms with E-state index >= 15 is 0 Å². The number of esters is 1. The van der Waals surface area contributed by atoms with Gasteiger partial charge in [0.1, 0.15) is 10.8 Å². The number of hydrogen-bond donors (Lipinski definition) is 1. The van der Waals surface area contributed by atoms with Crippen LogP contribution in [0.15, 0.2) is 64.0 Å². The molecule has 1 amide bonds. The van der Waals surface area contributed by atoms with Gasteiger partial charge in [-0.15, -0.1) is 0 Å². The molecule has 0 bridgehead atoms. The molecule has 0 saturated carbocycles. The Hall–Kier alpha value is -3.14. The predicted octanol–water partition coefficient (Wildman–Crippen LogP) is 3.93. The van der Waals surface area contributed by atoms with Crippen LogP contribution in [-0.4, -0.2) is 31.8 Å². The van der Waals surface area contributed by atoms with E-state index in [2.05, 4.69) is 5.32 Å². The number of para-hydroxylation sites is 1. The molecule has 4 rings (SSSR count). The van der Waals surface area contributed by atoms with Gasteiger partial charge in [-0.2, -0.15) is 13.2 Å². The van der Waals surface area contributed by atoms with Crippen LogP contribution in [0.2, 0.25) is 0 Å². The van der Waals surface area contributed by atoms with Crippen LogP contribution in [0.5, 0.6) is 5.75 Å². The molecule has 6 nitrogen and oxygen atoms in total. The van der Waals surface area contributed by atoms with Crippen molar-refractivity contribution in [1.29, 1.82) is 0 Å². The fourth-order valence-corrected chi connectivity index (χ4v) is 4.86. The summed E-state index contributed by atoms with van der Waals surface area (Å²) in [6.07, 6.45) is -4.94. The maximum absolute atomic E-state index is 14.8. The van der Waals surface area contributed by atoms with Gasteiger partial charge < -0.3 is 14.8 Å². The van der Waals surface area contributed by atoms with E-state index in [0.717, 1.165) is 16.7 Å². The number of thioether (sulfide) groups is 1. The number of fused-ring (bicyclic) bond motifs is 3. The van der Waals surface area contributed by atoms with Crippen LogP contribution >= 0.6 is 11.8 Å². The minimum absolute atomic E-state index is 0.0244. The van der Waals surface area contributed by atoms with Crippen molar-refractivity contribution in [2.24, 2.45) is 0 Å². The Balaban J connectivity index is 2.02. The molecular formula is C21H17F3N2O4S. The molecule has 10 heteroatoms. The molecular weight excluding hydrogens is 433 g/mol. The zero-order chi connectivity index (χ0) is 22.4. The average molecular weight is 450 g/mol. The molecule has 0 spiro atoms. The van der Waals surface area contributed by atoms with Crippen LogP contribution in [-0.2, 0) is 20.0 Å². The second-order valence-corrected chi connectivity index (χ2v) is 7.73. The zero-order valence-electron chi connectivity index (χ0n) is 16.4. The van der Waals surface area contributed by atoms with E-state index in [9.17, 15) is 22.8 Å². The fourth-order valence-electron chi connectivity index (χ4n) is 3.64. The number of benzene rings is 2. The molecule has 0 fully saturated rings. The summed E-state index contributed by atoms with van der Waals surface area (Å²) in [5.41, 5.74) is -3.40. The van der Waals surface area contributed by atoms with Crippen molar-refractivity contribution in [2.75, 3.05) is 18.6 Å². The average Bonchev–Trinajstić information content (AvgIpc) is 3.11. The first kappa shape index (κ1) is 21.1. The number of ether oxygens (including phenoxy) is 2. The number of halogens is 3. The number of methoxy groups -OCH3 is 1. The summed E-state index contributed by atoms with van der Waals surface area (Å²) in [7, 11) is 1.40. The van der Waals surface area contributed by atoms with E-state index < -0.39 is 29.3 Å².